The second-order valence-electron chi connectivity index (χ2n) is 4.63. The molecule has 2 unspecified atom stereocenters. The highest BCUT2D eigenvalue weighted by Gasteiger charge is 2.27. The Morgan fingerprint density at radius 3 is 2.21 bits per heavy atom. The maximum atomic E-state index is 12.1. The van der Waals surface area contributed by atoms with Crippen LogP contribution in [0.2, 0.25) is 0 Å². The van der Waals surface area contributed by atoms with Crippen LogP contribution in [-0.2, 0) is 9.59 Å². The summed E-state index contributed by atoms with van der Waals surface area (Å²) in [6, 6.07) is 6.65. The van der Waals surface area contributed by atoms with Gasteiger partial charge in [-0.05, 0) is 5.92 Å². The predicted octanol–water partition coefficient (Wildman–Crippen LogP) is 0.536. The topological polar surface area (TPSA) is 89.3 Å². The van der Waals surface area contributed by atoms with Gasteiger partial charge in [-0.15, -0.1) is 0 Å². The summed E-state index contributed by atoms with van der Waals surface area (Å²) in [7, 11) is 0. The predicted molar refractivity (Wildman–Crippen MR) is 71.6 cm³/mol. The van der Waals surface area contributed by atoms with Crippen LogP contribution in [0.1, 0.15) is 24.2 Å². The summed E-state index contributed by atoms with van der Waals surface area (Å²) in [5.41, 5.74) is 5.67. The Morgan fingerprint density at radius 2 is 1.79 bits per heavy atom. The van der Waals surface area contributed by atoms with Gasteiger partial charge in [0.15, 0.2) is 5.78 Å². The molecule has 0 fully saturated rings. The lowest BCUT2D eigenvalue weighted by Gasteiger charge is -2.22. The number of benzene rings is 1. The molecular weight excluding hydrogens is 244 g/mol. The van der Waals surface area contributed by atoms with E-state index in [0.29, 0.717) is 11.8 Å². The van der Waals surface area contributed by atoms with E-state index < -0.39 is 18.0 Å². The molecule has 1 aromatic carbocycles. The SMILES string of the molecule is CC(C)C(NC(C=O)C(=O)c1ccccc1)C(N)=O. The smallest absolute Gasteiger partial charge is 0.234 e. The monoisotopic (exact) mass is 262 g/mol. The molecule has 3 N–H and O–H groups in total. The first-order valence-corrected chi connectivity index (χ1v) is 6.07. The Hall–Kier alpha value is -2.01. The van der Waals surface area contributed by atoms with E-state index in [2.05, 4.69) is 5.32 Å². The minimum atomic E-state index is -1.07. The number of hydrogen-bond acceptors (Lipinski definition) is 4. The van der Waals surface area contributed by atoms with E-state index in [1.807, 2.05) is 0 Å². The van der Waals surface area contributed by atoms with Crippen molar-refractivity contribution in [1.29, 1.82) is 0 Å². The minimum absolute atomic E-state index is 0.108. The van der Waals surface area contributed by atoms with Gasteiger partial charge >= 0.3 is 0 Å². The first kappa shape index (κ1) is 15.0. The maximum absolute atomic E-state index is 12.1. The number of carbonyl (C=O) groups excluding carboxylic acids is 3. The highest BCUT2D eigenvalue weighted by Crippen LogP contribution is 2.06. The number of rotatable bonds is 7. The van der Waals surface area contributed by atoms with E-state index in [1.165, 1.54) is 0 Å². The Kier molecular flexibility index (Phi) is 5.38. The third-order valence-corrected chi connectivity index (χ3v) is 2.81. The van der Waals surface area contributed by atoms with Crippen molar-refractivity contribution in [2.24, 2.45) is 11.7 Å². The van der Waals surface area contributed by atoms with E-state index in [9.17, 15) is 14.4 Å². The second kappa shape index (κ2) is 6.80. The van der Waals surface area contributed by atoms with Gasteiger partial charge in [-0.2, -0.15) is 0 Å². The summed E-state index contributed by atoms with van der Waals surface area (Å²) in [5.74, 6) is -1.06. The van der Waals surface area contributed by atoms with E-state index in [1.54, 1.807) is 44.2 Å². The third kappa shape index (κ3) is 3.99. The number of hydrogen-bond donors (Lipinski definition) is 2. The van der Waals surface area contributed by atoms with Gasteiger partial charge in [0, 0.05) is 5.56 Å². The quantitative estimate of drug-likeness (QED) is 0.426. The van der Waals surface area contributed by atoms with Gasteiger partial charge in [-0.25, -0.2) is 0 Å². The molecule has 0 aromatic heterocycles. The Balaban J connectivity index is 2.86. The van der Waals surface area contributed by atoms with Crippen LogP contribution >= 0.6 is 0 Å². The molecule has 1 aromatic rings. The van der Waals surface area contributed by atoms with Gasteiger partial charge in [0.25, 0.3) is 0 Å². The molecule has 0 aliphatic carbocycles. The van der Waals surface area contributed by atoms with E-state index >= 15 is 0 Å². The highest BCUT2D eigenvalue weighted by atomic mass is 16.2. The van der Waals surface area contributed by atoms with Crippen molar-refractivity contribution >= 4 is 18.0 Å². The normalized spacial score (nSPS) is 13.8. The van der Waals surface area contributed by atoms with Crippen molar-refractivity contribution < 1.29 is 14.4 Å². The molecular formula is C14H18N2O3. The number of carbonyl (C=O) groups is 3. The van der Waals surface area contributed by atoms with Crippen molar-refractivity contribution in [3.8, 4) is 0 Å². The third-order valence-electron chi connectivity index (χ3n) is 2.81. The first-order chi connectivity index (χ1) is 8.97. The summed E-state index contributed by atoms with van der Waals surface area (Å²) >= 11 is 0. The minimum Gasteiger partial charge on any atom is -0.368 e. The van der Waals surface area contributed by atoms with Crippen LogP contribution < -0.4 is 11.1 Å². The van der Waals surface area contributed by atoms with Crippen LogP contribution in [0.4, 0.5) is 0 Å². The van der Waals surface area contributed by atoms with Crippen LogP contribution in [-0.4, -0.2) is 30.1 Å². The number of primary amides is 1. The molecule has 0 aliphatic rings. The lowest BCUT2D eigenvalue weighted by Crippen LogP contribution is -2.52. The molecule has 2 atom stereocenters. The van der Waals surface area contributed by atoms with E-state index in [0.717, 1.165) is 0 Å². The molecule has 0 saturated carbocycles. The average Bonchev–Trinajstić information content (AvgIpc) is 2.39. The lowest BCUT2D eigenvalue weighted by atomic mass is 9.99. The van der Waals surface area contributed by atoms with Crippen molar-refractivity contribution in [3.05, 3.63) is 35.9 Å². The number of amides is 1. The van der Waals surface area contributed by atoms with E-state index in [-0.39, 0.29) is 11.7 Å². The Bertz CT molecular complexity index is 457. The molecule has 0 bridgehead atoms. The molecule has 0 radical (unpaired) electrons. The summed E-state index contributed by atoms with van der Waals surface area (Å²) in [6.07, 6.45) is 0.494. The number of nitrogens with two attached hydrogens (primary N) is 1. The summed E-state index contributed by atoms with van der Waals surface area (Å²) in [6.45, 7) is 3.58. The zero-order valence-electron chi connectivity index (χ0n) is 11.0. The van der Waals surface area contributed by atoms with Crippen molar-refractivity contribution in [2.45, 2.75) is 25.9 Å². The van der Waals surface area contributed by atoms with Crippen molar-refractivity contribution in [3.63, 3.8) is 0 Å². The summed E-state index contributed by atoms with van der Waals surface area (Å²) in [5, 5.41) is 2.71. The summed E-state index contributed by atoms with van der Waals surface area (Å²) in [4.78, 5) is 34.5. The Labute approximate surface area is 112 Å². The van der Waals surface area contributed by atoms with Crippen LogP contribution in [0.5, 0.6) is 0 Å². The van der Waals surface area contributed by atoms with Gasteiger partial charge in [-0.1, -0.05) is 44.2 Å². The van der Waals surface area contributed by atoms with Crippen LogP contribution in [0.15, 0.2) is 30.3 Å². The Morgan fingerprint density at radius 1 is 1.21 bits per heavy atom. The molecule has 1 amide bonds. The van der Waals surface area contributed by atoms with Crippen LogP contribution in [0, 0.1) is 5.92 Å². The number of ketones is 1. The fraction of sp³-hybridized carbons (Fsp3) is 0.357. The van der Waals surface area contributed by atoms with Gasteiger partial charge in [0.1, 0.15) is 12.3 Å². The number of nitrogens with one attached hydrogen (secondary N) is 1. The van der Waals surface area contributed by atoms with Crippen LogP contribution in [0.3, 0.4) is 0 Å². The fourth-order valence-corrected chi connectivity index (χ4v) is 1.76. The zero-order valence-corrected chi connectivity index (χ0v) is 11.0. The molecule has 19 heavy (non-hydrogen) atoms. The molecule has 102 valence electrons. The molecule has 5 nitrogen and oxygen atoms in total. The zero-order chi connectivity index (χ0) is 14.4. The second-order valence-corrected chi connectivity index (χ2v) is 4.63. The average molecular weight is 262 g/mol. The van der Waals surface area contributed by atoms with Gasteiger partial charge < -0.3 is 10.5 Å². The van der Waals surface area contributed by atoms with Gasteiger partial charge in [-0.3, -0.25) is 14.9 Å². The number of aldehydes is 1. The van der Waals surface area contributed by atoms with E-state index in [4.69, 9.17) is 5.73 Å². The largest absolute Gasteiger partial charge is 0.368 e. The van der Waals surface area contributed by atoms with Crippen molar-refractivity contribution in [1.82, 2.24) is 5.32 Å². The lowest BCUT2D eigenvalue weighted by molar-refractivity contribution is -0.121. The molecule has 5 heteroatoms. The molecule has 1 rings (SSSR count). The standard InChI is InChI=1S/C14H18N2O3/c1-9(2)12(14(15)19)16-11(8-17)13(18)10-6-4-3-5-7-10/h3-9,11-12,16H,1-2H3,(H2,15,19). The van der Waals surface area contributed by atoms with Gasteiger partial charge in [0.05, 0.1) is 6.04 Å². The summed E-state index contributed by atoms with van der Waals surface area (Å²) < 4.78 is 0. The van der Waals surface area contributed by atoms with Crippen LogP contribution in [0.25, 0.3) is 0 Å². The molecule has 0 aliphatic heterocycles. The highest BCUT2D eigenvalue weighted by molar-refractivity contribution is 6.08. The first-order valence-electron chi connectivity index (χ1n) is 6.07. The molecule has 0 saturated heterocycles. The number of Topliss-reactive ketones (excluding diaryl/α,β-unsaturated/α-hetero) is 1. The molecule has 0 spiro atoms. The molecule has 0 heterocycles. The van der Waals surface area contributed by atoms with Crippen molar-refractivity contribution in [2.75, 3.05) is 0 Å². The fourth-order valence-electron chi connectivity index (χ4n) is 1.76. The maximum Gasteiger partial charge on any atom is 0.234 e. The van der Waals surface area contributed by atoms with Gasteiger partial charge in [0.2, 0.25) is 5.91 Å².